The SMILES string of the molecule is CC(C)(C)C/C=C/CN1C(=O)c2ccccc2C1=O. The number of hydrogen-bond donors (Lipinski definition) is 0. The van der Waals surface area contributed by atoms with E-state index in [-0.39, 0.29) is 17.2 Å². The molecule has 0 atom stereocenters. The van der Waals surface area contributed by atoms with Crippen molar-refractivity contribution in [2.75, 3.05) is 6.54 Å². The van der Waals surface area contributed by atoms with Crippen molar-refractivity contribution in [2.24, 2.45) is 5.41 Å². The van der Waals surface area contributed by atoms with Gasteiger partial charge in [0.25, 0.3) is 11.8 Å². The minimum absolute atomic E-state index is 0.194. The molecule has 0 bridgehead atoms. The monoisotopic (exact) mass is 257 g/mol. The maximum absolute atomic E-state index is 12.1. The first-order valence-corrected chi connectivity index (χ1v) is 6.50. The van der Waals surface area contributed by atoms with Crippen LogP contribution in [0.5, 0.6) is 0 Å². The minimum Gasteiger partial charge on any atom is -0.270 e. The molecule has 1 aromatic rings. The van der Waals surface area contributed by atoms with E-state index in [4.69, 9.17) is 0 Å². The Hall–Kier alpha value is -1.90. The molecule has 0 unspecified atom stereocenters. The third-order valence-corrected chi connectivity index (χ3v) is 3.06. The Morgan fingerprint density at radius 3 is 2.00 bits per heavy atom. The predicted octanol–water partition coefficient (Wildman–Crippen LogP) is 3.28. The standard InChI is InChI=1S/C16H19NO2/c1-16(2,3)10-6-7-11-17-14(18)12-8-4-5-9-13(12)15(17)19/h4-9H,10-11H2,1-3H3/b7-6+. The molecule has 0 saturated heterocycles. The van der Waals surface area contributed by atoms with E-state index in [0.29, 0.717) is 17.7 Å². The largest absolute Gasteiger partial charge is 0.270 e. The molecule has 2 rings (SSSR count). The van der Waals surface area contributed by atoms with Crippen LogP contribution in [0.4, 0.5) is 0 Å². The van der Waals surface area contributed by atoms with Crippen LogP contribution in [-0.2, 0) is 0 Å². The predicted molar refractivity (Wildman–Crippen MR) is 75.0 cm³/mol. The molecule has 100 valence electrons. The summed E-state index contributed by atoms with van der Waals surface area (Å²) in [6.07, 6.45) is 4.85. The Kier molecular flexibility index (Phi) is 3.56. The van der Waals surface area contributed by atoms with E-state index in [1.165, 1.54) is 4.90 Å². The number of nitrogens with zero attached hydrogens (tertiary/aromatic N) is 1. The van der Waals surface area contributed by atoms with Gasteiger partial charge >= 0.3 is 0 Å². The van der Waals surface area contributed by atoms with Gasteiger partial charge in [-0.1, -0.05) is 45.1 Å². The second kappa shape index (κ2) is 5.00. The maximum atomic E-state index is 12.1. The van der Waals surface area contributed by atoms with Gasteiger partial charge in [0.15, 0.2) is 0 Å². The van der Waals surface area contributed by atoms with Gasteiger partial charge in [-0.05, 0) is 24.0 Å². The first-order valence-electron chi connectivity index (χ1n) is 6.50. The molecule has 0 aromatic heterocycles. The van der Waals surface area contributed by atoms with E-state index < -0.39 is 0 Å². The molecule has 19 heavy (non-hydrogen) atoms. The highest BCUT2D eigenvalue weighted by atomic mass is 16.2. The zero-order valence-electron chi connectivity index (χ0n) is 11.6. The van der Waals surface area contributed by atoms with Crippen LogP contribution in [0.15, 0.2) is 36.4 Å². The summed E-state index contributed by atoms with van der Waals surface area (Å²) in [5.41, 5.74) is 1.24. The lowest BCUT2D eigenvalue weighted by molar-refractivity contribution is 0.0672. The van der Waals surface area contributed by atoms with Crippen molar-refractivity contribution in [3.8, 4) is 0 Å². The van der Waals surface area contributed by atoms with Gasteiger partial charge in [0.05, 0.1) is 11.1 Å². The molecule has 2 amide bonds. The summed E-state index contributed by atoms with van der Waals surface area (Å²) in [6, 6.07) is 6.97. The average Bonchev–Trinajstić information content (AvgIpc) is 2.58. The summed E-state index contributed by atoms with van der Waals surface area (Å²) in [7, 11) is 0. The van der Waals surface area contributed by atoms with E-state index in [1.54, 1.807) is 24.3 Å². The number of imide groups is 1. The zero-order valence-corrected chi connectivity index (χ0v) is 11.6. The molecule has 1 aliphatic rings. The number of fused-ring (bicyclic) bond motifs is 1. The molecule has 0 fully saturated rings. The Morgan fingerprint density at radius 1 is 1.00 bits per heavy atom. The smallest absolute Gasteiger partial charge is 0.261 e. The van der Waals surface area contributed by atoms with Crippen molar-refractivity contribution in [1.82, 2.24) is 4.90 Å². The molecule has 1 aliphatic heterocycles. The lowest BCUT2D eigenvalue weighted by atomic mass is 9.92. The highest BCUT2D eigenvalue weighted by Crippen LogP contribution is 2.22. The highest BCUT2D eigenvalue weighted by molar-refractivity contribution is 6.21. The van der Waals surface area contributed by atoms with Crippen LogP contribution in [0.25, 0.3) is 0 Å². The summed E-state index contributed by atoms with van der Waals surface area (Å²) in [6.45, 7) is 6.81. The van der Waals surface area contributed by atoms with Gasteiger partial charge in [-0.15, -0.1) is 0 Å². The van der Waals surface area contributed by atoms with Gasteiger partial charge in [-0.2, -0.15) is 0 Å². The number of carbonyl (C=O) groups excluding carboxylic acids is 2. The van der Waals surface area contributed by atoms with Crippen LogP contribution in [-0.4, -0.2) is 23.3 Å². The Balaban J connectivity index is 2.05. The van der Waals surface area contributed by atoms with Crippen molar-refractivity contribution in [2.45, 2.75) is 27.2 Å². The molecule has 3 heteroatoms. The molecule has 0 spiro atoms. The summed E-state index contributed by atoms with van der Waals surface area (Å²) in [4.78, 5) is 25.4. The first-order chi connectivity index (χ1) is 8.90. The number of amides is 2. The Labute approximate surface area is 113 Å². The van der Waals surface area contributed by atoms with Crippen LogP contribution >= 0.6 is 0 Å². The van der Waals surface area contributed by atoms with Gasteiger partial charge in [0, 0.05) is 6.54 Å². The average molecular weight is 257 g/mol. The number of carbonyl (C=O) groups is 2. The van der Waals surface area contributed by atoms with Crippen molar-refractivity contribution in [3.63, 3.8) is 0 Å². The molecular weight excluding hydrogens is 238 g/mol. The van der Waals surface area contributed by atoms with Crippen LogP contribution in [0.2, 0.25) is 0 Å². The molecule has 3 nitrogen and oxygen atoms in total. The van der Waals surface area contributed by atoms with E-state index in [1.807, 2.05) is 12.2 Å². The van der Waals surface area contributed by atoms with Gasteiger partial charge in [-0.3, -0.25) is 14.5 Å². The van der Waals surface area contributed by atoms with Crippen LogP contribution < -0.4 is 0 Å². The van der Waals surface area contributed by atoms with Gasteiger partial charge in [0.1, 0.15) is 0 Å². The number of benzene rings is 1. The first kappa shape index (κ1) is 13.5. The van der Waals surface area contributed by atoms with Gasteiger partial charge in [0.2, 0.25) is 0 Å². The fourth-order valence-corrected chi connectivity index (χ4v) is 2.02. The molecular formula is C16H19NO2. The van der Waals surface area contributed by atoms with Crippen molar-refractivity contribution in [3.05, 3.63) is 47.5 Å². The van der Waals surface area contributed by atoms with E-state index in [9.17, 15) is 9.59 Å². The number of allylic oxidation sites excluding steroid dienone is 1. The zero-order chi connectivity index (χ0) is 14.0. The van der Waals surface area contributed by atoms with Crippen LogP contribution in [0.3, 0.4) is 0 Å². The van der Waals surface area contributed by atoms with Gasteiger partial charge in [-0.25, -0.2) is 0 Å². The van der Waals surface area contributed by atoms with E-state index in [0.717, 1.165) is 6.42 Å². The Morgan fingerprint density at radius 2 is 1.53 bits per heavy atom. The highest BCUT2D eigenvalue weighted by Gasteiger charge is 2.33. The molecule has 0 aliphatic carbocycles. The quantitative estimate of drug-likeness (QED) is 0.615. The Bertz CT molecular complexity index is 503. The maximum Gasteiger partial charge on any atom is 0.261 e. The van der Waals surface area contributed by atoms with Crippen molar-refractivity contribution >= 4 is 11.8 Å². The lowest BCUT2D eigenvalue weighted by Gasteiger charge is -2.15. The van der Waals surface area contributed by atoms with E-state index >= 15 is 0 Å². The third kappa shape index (κ3) is 2.92. The second-order valence-corrected chi connectivity index (χ2v) is 6.00. The number of hydrogen-bond acceptors (Lipinski definition) is 2. The molecule has 0 radical (unpaired) electrons. The van der Waals surface area contributed by atoms with E-state index in [2.05, 4.69) is 20.8 Å². The molecule has 1 heterocycles. The fourth-order valence-electron chi connectivity index (χ4n) is 2.02. The molecule has 0 saturated carbocycles. The molecule has 1 aromatic carbocycles. The molecule has 0 N–H and O–H groups in total. The van der Waals surface area contributed by atoms with Crippen molar-refractivity contribution in [1.29, 1.82) is 0 Å². The van der Waals surface area contributed by atoms with Crippen molar-refractivity contribution < 1.29 is 9.59 Å². The number of rotatable bonds is 3. The third-order valence-electron chi connectivity index (χ3n) is 3.06. The summed E-state index contributed by atoms with van der Waals surface area (Å²) >= 11 is 0. The topological polar surface area (TPSA) is 37.4 Å². The van der Waals surface area contributed by atoms with Crippen LogP contribution in [0.1, 0.15) is 47.9 Å². The van der Waals surface area contributed by atoms with Crippen LogP contribution in [0, 0.1) is 5.41 Å². The summed E-state index contributed by atoms with van der Waals surface area (Å²) < 4.78 is 0. The summed E-state index contributed by atoms with van der Waals surface area (Å²) in [5.74, 6) is -0.387. The fraction of sp³-hybridized carbons (Fsp3) is 0.375. The lowest BCUT2D eigenvalue weighted by Crippen LogP contribution is -2.29. The minimum atomic E-state index is -0.194. The van der Waals surface area contributed by atoms with Gasteiger partial charge < -0.3 is 0 Å². The normalized spacial score (nSPS) is 15.4. The second-order valence-electron chi connectivity index (χ2n) is 6.00. The summed E-state index contributed by atoms with van der Waals surface area (Å²) in [5, 5.41) is 0.